The molecule has 0 bridgehead atoms. The molecule has 1 aliphatic heterocycles. The second-order valence-electron chi connectivity index (χ2n) is 7.02. The number of hydrogen-bond acceptors (Lipinski definition) is 4. The van der Waals surface area contributed by atoms with Crippen molar-refractivity contribution < 1.29 is 14.3 Å². The van der Waals surface area contributed by atoms with E-state index in [2.05, 4.69) is 24.0 Å². The van der Waals surface area contributed by atoms with E-state index in [9.17, 15) is 4.79 Å². The number of hydrogen-bond donors (Lipinski definition) is 0. The fraction of sp³-hybridized carbons (Fsp3) is 0.409. The standard InChI is InChI=1S/C22H28N2O3/c1-16-5-8-21(15-17(16)2)27-18(3)22(25)24-13-11-23(12-14-24)19-6-9-20(26-4)10-7-19/h5-10,15,18H,11-14H2,1-4H3. The van der Waals surface area contributed by atoms with Crippen LogP contribution in [-0.2, 0) is 4.79 Å². The lowest BCUT2D eigenvalue weighted by Gasteiger charge is -2.37. The zero-order chi connectivity index (χ0) is 19.4. The number of carbonyl (C=O) groups excluding carboxylic acids is 1. The largest absolute Gasteiger partial charge is 0.497 e. The monoisotopic (exact) mass is 368 g/mol. The number of carbonyl (C=O) groups is 1. The van der Waals surface area contributed by atoms with Gasteiger partial charge in [0.1, 0.15) is 11.5 Å². The second-order valence-corrected chi connectivity index (χ2v) is 7.02. The lowest BCUT2D eigenvalue weighted by Crippen LogP contribution is -2.52. The molecule has 1 saturated heterocycles. The summed E-state index contributed by atoms with van der Waals surface area (Å²) >= 11 is 0. The molecule has 1 unspecified atom stereocenters. The molecule has 0 radical (unpaired) electrons. The highest BCUT2D eigenvalue weighted by Crippen LogP contribution is 2.22. The van der Waals surface area contributed by atoms with Gasteiger partial charge in [0.05, 0.1) is 7.11 Å². The van der Waals surface area contributed by atoms with Crippen LogP contribution in [0.3, 0.4) is 0 Å². The predicted octanol–water partition coefficient (Wildman–Crippen LogP) is 3.43. The molecule has 1 aliphatic rings. The van der Waals surface area contributed by atoms with Crippen LogP contribution in [0.25, 0.3) is 0 Å². The minimum Gasteiger partial charge on any atom is -0.497 e. The van der Waals surface area contributed by atoms with Crippen molar-refractivity contribution in [3.8, 4) is 11.5 Å². The summed E-state index contributed by atoms with van der Waals surface area (Å²) in [6, 6.07) is 14.0. The Kier molecular flexibility index (Phi) is 5.89. The van der Waals surface area contributed by atoms with E-state index in [0.29, 0.717) is 13.1 Å². The van der Waals surface area contributed by atoms with Gasteiger partial charge in [0.2, 0.25) is 0 Å². The summed E-state index contributed by atoms with van der Waals surface area (Å²) in [6.07, 6.45) is -0.486. The number of anilines is 1. The minimum absolute atomic E-state index is 0.0441. The highest BCUT2D eigenvalue weighted by molar-refractivity contribution is 5.81. The maximum absolute atomic E-state index is 12.7. The summed E-state index contributed by atoms with van der Waals surface area (Å²) in [6.45, 7) is 8.97. The summed E-state index contributed by atoms with van der Waals surface area (Å²) < 4.78 is 11.1. The van der Waals surface area contributed by atoms with Crippen molar-refractivity contribution in [1.29, 1.82) is 0 Å². The zero-order valence-electron chi connectivity index (χ0n) is 16.6. The molecule has 1 amide bonds. The molecule has 0 spiro atoms. The summed E-state index contributed by atoms with van der Waals surface area (Å²) in [4.78, 5) is 16.9. The zero-order valence-corrected chi connectivity index (χ0v) is 16.6. The number of methoxy groups -OCH3 is 1. The summed E-state index contributed by atoms with van der Waals surface area (Å²) in [7, 11) is 1.67. The highest BCUT2D eigenvalue weighted by atomic mass is 16.5. The van der Waals surface area contributed by atoms with E-state index in [-0.39, 0.29) is 5.91 Å². The van der Waals surface area contributed by atoms with Crippen LogP contribution in [0.4, 0.5) is 5.69 Å². The number of rotatable bonds is 5. The molecule has 5 heteroatoms. The lowest BCUT2D eigenvalue weighted by atomic mass is 10.1. The van der Waals surface area contributed by atoms with Gasteiger partial charge >= 0.3 is 0 Å². The van der Waals surface area contributed by atoms with Crippen LogP contribution in [0.15, 0.2) is 42.5 Å². The van der Waals surface area contributed by atoms with Crippen molar-refractivity contribution >= 4 is 11.6 Å². The van der Waals surface area contributed by atoms with Crippen molar-refractivity contribution in [3.63, 3.8) is 0 Å². The van der Waals surface area contributed by atoms with Gasteiger partial charge in [0, 0.05) is 31.9 Å². The molecule has 0 aliphatic carbocycles. The first-order valence-electron chi connectivity index (χ1n) is 9.39. The van der Waals surface area contributed by atoms with E-state index in [1.54, 1.807) is 7.11 Å². The Bertz CT molecular complexity index is 781. The number of aryl methyl sites for hydroxylation is 2. The Morgan fingerprint density at radius 1 is 0.926 bits per heavy atom. The SMILES string of the molecule is COc1ccc(N2CCN(C(=O)C(C)Oc3ccc(C)c(C)c3)CC2)cc1. The molecule has 1 atom stereocenters. The van der Waals surface area contributed by atoms with Gasteiger partial charge in [-0.1, -0.05) is 6.07 Å². The molecule has 27 heavy (non-hydrogen) atoms. The molecule has 0 aromatic heterocycles. The Morgan fingerprint density at radius 2 is 1.56 bits per heavy atom. The number of piperazine rings is 1. The van der Waals surface area contributed by atoms with Crippen LogP contribution >= 0.6 is 0 Å². The Labute approximate surface area is 161 Å². The van der Waals surface area contributed by atoms with Crippen LogP contribution in [0.5, 0.6) is 11.5 Å². The van der Waals surface area contributed by atoms with Crippen LogP contribution in [0, 0.1) is 13.8 Å². The van der Waals surface area contributed by atoms with Crippen LogP contribution < -0.4 is 14.4 Å². The first kappa shape index (κ1) is 19.1. The average Bonchev–Trinajstić information content (AvgIpc) is 2.70. The van der Waals surface area contributed by atoms with Gasteiger partial charge < -0.3 is 19.3 Å². The number of amides is 1. The van der Waals surface area contributed by atoms with E-state index in [1.165, 1.54) is 11.1 Å². The maximum atomic E-state index is 12.7. The van der Waals surface area contributed by atoms with Gasteiger partial charge in [-0.05, 0) is 68.3 Å². The quantitative estimate of drug-likeness (QED) is 0.811. The lowest BCUT2D eigenvalue weighted by molar-refractivity contribution is -0.138. The highest BCUT2D eigenvalue weighted by Gasteiger charge is 2.26. The van der Waals surface area contributed by atoms with E-state index >= 15 is 0 Å². The van der Waals surface area contributed by atoms with Crippen molar-refractivity contribution in [2.75, 3.05) is 38.2 Å². The van der Waals surface area contributed by atoms with E-state index in [1.807, 2.05) is 49.1 Å². The molecule has 5 nitrogen and oxygen atoms in total. The summed E-state index contributed by atoms with van der Waals surface area (Å²) in [5.41, 5.74) is 3.54. The first-order valence-corrected chi connectivity index (χ1v) is 9.39. The fourth-order valence-electron chi connectivity index (χ4n) is 3.28. The third-order valence-electron chi connectivity index (χ3n) is 5.17. The van der Waals surface area contributed by atoms with Crippen molar-refractivity contribution in [2.45, 2.75) is 26.9 Å². The first-order chi connectivity index (χ1) is 13.0. The molecule has 144 valence electrons. The third-order valence-corrected chi connectivity index (χ3v) is 5.17. The van der Waals surface area contributed by atoms with Crippen LogP contribution in [0.2, 0.25) is 0 Å². The molecular formula is C22H28N2O3. The van der Waals surface area contributed by atoms with Gasteiger partial charge in [-0.2, -0.15) is 0 Å². The molecule has 2 aromatic rings. The Balaban J connectivity index is 1.54. The van der Waals surface area contributed by atoms with Gasteiger partial charge in [-0.3, -0.25) is 4.79 Å². The van der Waals surface area contributed by atoms with Gasteiger partial charge in [0.25, 0.3) is 5.91 Å². The molecule has 2 aromatic carbocycles. The maximum Gasteiger partial charge on any atom is 0.263 e. The van der Waals surface area contributed by atoms with E-state index in [0.717, 1.165) is 30.3 Å². The Hall–Kier alpha value is -2.69. The van der Waals surface area contributed by atoms with Crippen molar-refractivity contribution in [1.82, 2.24) is 4.90 Å². The van der Waals surface area contributed by atoms with E-state index in [4.69, 9.17) is 9.47 Å². The molecule has 1 fully saturated rings. The predicted molar refractivity (Wildman–Crippen MR) is 108 cm³/mol. The van der Waals surface area contributed by atoms with Crippen LogP contribution in [-0.4, -0.2) is 50.2 Å². The molecule has 0 N–H and O–H groups in total. The summed E-state index contributed by atoms with van der Waals surface area (Å²) in [5.74, 6) is 1.64. The molecule has 1 heterocycles. The van der Waals surface area contributed by atoms with Gasteiger partial charge in [-0.15, -0.1) is 0 Å². The second kappa shape index (κ2) is 8.33. The van der Waals surface area contributed by atoms with Crippen molar-refractivity contribution in [2.24, 2.45) is 0 Å². The van der Waals surface area contributed by atoms with Gasteiger partial charge in [-0.25, -0.2) is 0 Å². The van der Waals surface area contributed by atoms with Crippen LogP contribution in [0.1, 0.15) is 18.1 Å². The number of benzene rings is 2. The average molecular weight is 368 g/mol. The molecule has 3 rings (SSSR count). The smallest absolute Gasteiger partial charge is 0.263 e. The Morgan fingerprint density at radius 3 is 2.15 bits per heavy atom. The normalized spacial score (nSPS) is 15.4. The number of nitrogens with zero attached hydrogens (tertiary/aromatic N) is 2. The topological polar surface area (TPSA) is 42.0 Å². The molecular weight excluding hydrogens is 340 g/mol. The fourth-order valence-corrected chi connectivity index (χ4v) is 3.28. The third kappa shape index (κ3) is 4.54. The summed E-state index contributed by atoms with van der Waals surface area (Å²) in [5, 5.41) is 0. The number of ether oxygens (including phenoxy) is 2. The molecule has 0 saturated carbocycles. The minimum atomic E-state index is -0.486. The van der Waals surface area contributed by atoms with Gasteiger partial charge in [0.15, 0.2) is 6.10 Å². The van der Waals surface area contributed by atoms with Crippen molar-refractivity contribution in [3.05, 3.63) is 53.6 Å². The van der Waals surface area contributed by atoms with E-state index < -0.39 is 6.10 Å².